The van der Waals surface area contributed by atoms with Crippen LogP contribution in [0.25, 0.3) is 0 Å². The molecule has 2 heterocycles. The van der Waals surface area contributed by atoms with Gasteiger partial charge in [-0.25, -0.2) is 0 Å². The van der Waals surface area contributed by atoms with E-state index in [1.54, 1.807) is 4.90 Å². The van der Waals surface area contributed by atoms with E-state index in [0.717, 1.165) is 38.2 Å². The molecule has 5 heteroatoms. The van der Waals surface area contributed by atoms with Gasteiger partial charge in [-0.1, -0.05) is 11.8 Å². The van der Waals surface area contributed by atoms with Gasteiger partial charge in [0.25, 0.3) is 5.24 Å². The van der Waals surface area contributed by atoms with E-state index < -0.39 is 0 Å². The fraction of sp³-hybridized carbons (Fsp3) is 0.818. The lowest BCUT2D eigenvalue weighted by Gasteiger charge is -2.27. The van der Waals surface area contributed by atoms with Crippen LogP contribution in [0.5, 0.6) is 0 Å². The van der Waals surface area contributed by atoms with Crippen LogP contribution in [0.3, 0.4) is 0 Å². The highest BCUT2D eigenvalue weighted by Gasteiger charge is 2.23. The lowest BCUT2D eigenvalue weighted by molar-refractivity contribution is -0.132. The number of carbonyl (C=O) groups is 2. The van der Waals surface area contributed by atoms with Gasteiger partial charge in [-0.3, -0.25) is 9.59 Å². The van der Waals surface area contributed by atoms with Crippen molar-refractivity contribution in [1.29, 1.82) is 0 Å². The van der Waals surface area contributed by atoms with Gasteiger partial charge in [-0.05, 0) is 19.3 Å². The summed E-state index contributed by atoms with van der Waals surface area (Å²) in [5, 5.41) is 0.131. The third kappa shape index (κ3) is 2.90. The molecule has 0 N–H and O–H groups in total. The number of rotatable bonds is 3. The van der Waals surface area contributed by atoms with Crippen molar-refractivity contribution in [2.45, 2.75) is 25.7 Å². The quantitative estimate of drug-likeness (QED) is 0.754. The Labute approximate surface area is 100 Å². The Morgan fingerprint density at radius 1 is 1.19 bits per heavy atom. The SMILES string of the molecule is O=C(CCN1CCSC1=O)N1CCCCC1. The van der Waals surface area contributed by atoms with Gasteiger partial charge in [-0.2, -0.15) is 0 Å². The first kappa shape index (κ1) is 11.8. The Morgan fingerprint density at radius 2 is 1.94 bits per heavy atom. The Hall–Kier alpha value is -0.710. The molecule has 16 heavy (non-hydrogen) atoms. The minimum Gasteiger partial charge on any atom is -0.343 e. The predicted octanol–water partition coefficient (Wildman–Crippen LogP) is 1.56. The first-order valence-electron chi connectivity index (χ1n) is 5.97. The molecule has 2 rings (SSSR count). The molecule has 0 aliphatic carbocycles. The molecule has 2 aliphatic rings. The van der Waals surface area contributed by atoms with Gasteiger partial charge in [0.1, 0.15) is 0 Å². The minimum atomic E-state index is 0.131. The smallest absolute Gasteiger partial charge is 0.281 e. The van der Waals surface area contributed by atoms with Crippen molar-refractivity contribution in [1.82, 2.24) is 9.80 Å². The number of hydrogen-bond acceptors (Lipinski definition) is 3. The molecular weight excluding hydrogens is 224 g/mol. The number of hydrogen-bond donors (Lipinski definition) is 0. The zero-order valence-corrected chi connectivity index (χ0v) is 10.3. The molecule has 2 fully saturated rings. The Kier molecular flexibility index (Phi) is 4.09. The summed E-state index contributed by atoms with van der Waals surface area (Å²) >= 11 is 1.35. The van der Waals surface area contributed by atoms with E-state index in [2.05, 4.69) is 0 Å². The maximum Gasteiger partial charge on any atom is 0.281 e. The van der Waals surface area contributed by atoms with Crippen LogP contribution >= 0.6 is 11.8 Å². The van der Waals surface area contributed by atoms with Crippen molar-refractivity contribution < 1.29 is 9.59 Å². The van der Waals surface area contributed by atoms with Gasteiger partial charge in [0.05, 0.1) is 0 Å². The first-order valence-corrected chi connectivity index (χ1v) is 6.95. The van der Waals surface area contributed by atoms with E-state index in [9.17, 15) is 9.59 Å². The Balaban J connectivity index is 1.72. The van der Waals surface area contributed by atoms with Crippen LogP contribution in [0, 0.1) is 0 Å². The topological polar surface area (TPSA) is 40.6 Å². The van der Waals surface area contributed by atoms with E-state index in [1.807, 2.05) is 4.90 Å². The molecule has 2 aliphatic heterocycles. The number of nitrogens with zero attached hydrogens (tertiary/aromatic N) is 2. The van der Waals surface area contributed by atoms with Crippen molar-refractivity contribution >= 4 is 22.9 Å². The number of likely N-dealkylation sites (tertiary alicyclic amines) is 1. The molecule has 0 spiro atoms. The largest absolute Gasteiger partial charge is 0.343 e. The van der Waals surface area contributed by atoms with Gasteiger partial charge in [0.15, 0.2) is 0 Å². The third-order valence-corrected chi connectivity index (χ3v) is 4.04. The highest BCUT2D eigenvalue weighted by Crippen LogP contribution is 2.17. The number of carbonyl (C=O) groups excluding carboxylic acids is 2. The van der Waals surface area contributed by atoms with Gasteiger partial charge >= 0.3 is 0 Å². The van der Waals surface area contributed by atoms with Crippen molar-refractivity contribution in [2.24, 2.45) is 0 Å². The van der Waals surface area contributed by atoms with Crippen LogP contribution in [0.1, 0.15) is 25.7 Å². The zero-order valence-electron chi connectivity index (χ0n) is 9.48. The van der Waals surface area contributed by atoms with E-state index in [-0.39, 0.29) is 11.1 Å². The summed E-state index contributed by atoms with van der Waals surface area (Å²) in [7, 11) is 0. The van der Waals surface area contributed by atoms with E-state index in [0.29, 0.717) is 13.0 Å². The molecular formula is C11H18N2O2S. The van der Waals surface area contributed by atoms with Crippen LogP contribution in [0.15, 0.2) is 0 Å². The molecule has 4 nitrogen and oxygen atoms in total. The molecule has 0 radical (unpaired) electrons. The standard InChI is InChI=1S/C11H18N2O2S/c14-10(12-5-2-1-3-6-12)4-7-13-8-9-16-11(13)15/h1-9H2. The van der Waals surface area contributed by atoms with Crippen molar-refractivity contribution in [3.63, 3.8) is 0 Å². The van der Waals surface area contributed by atoms with Crippen LogP contribution in [0.4, 0.5) is 4.79 Å². The molecule has 2 saturated heterocycles. The lowest BCUT2D eigenvalue weighted by atomic mass is 10.1. The average Bonchev–Trinajstić information content (AvgIpc) is 2.73. The van der Waals surface area contributed by atoms with Crippen LogP contribution in [-0.2, 0) is 4.79 Å². The number of piperidine rings is 1. The van der Waals surface area contributed by atoms with Crippen LogP contribution in [-0.4, -0.2) is 52.9 Å². The molecule has 0 atom stereocenters. The van der Waals surface area contributed by atoms with Gasteiger partial charge < -0.3 is 9.80 Å². The van der Waals surface area contributed by atoms with Crippen molar-refractivity contribution in [3.8, 4) is 0 Å². The summed E-state index contributed by atoms with van der Waals surface area (Å²) in [6, 6.07) is 0. The Bertz CT molecular complexity index is 277. The molecule has 0 unspecified atom stereocenters. The van der Waals surface area contributed by atoms with E-state index in [4.69, 9.17) is 0 Å². The van der Waals surface area contributed by atoms with Crippen molar-refractivity contribution in [3.05, 3.63) is 0 Å². The second-order valence-electron chi connectivity index (χ2n) is 4.29. The molecule has 0 bridgehead atoms. The summed E-state index contributed by atoms with van der Waals surface area (Å²) in [5.74, 6) is 1.08. The lowest BCUT2D eigenvalue weighted by Crippen LogP contribution is -2.37. The summed E-state index contributed by atoms with van der Waals surface area (Å²) < 4.78 is 0. The summed E-state index contributed by atoms with van der Waals surface area (Å²) in [4.78, 5) is 26.9. The number of amides is 2. The molecule has 0 saturated carbocycles. The zero-order chi connectivity index (χ0) is 11.4. The monoisotopic (exact) mass is 242 g/mol. The van der Waals surface area contributed by atoms with E-state index >= 15 is 0 Å². The predicted molar refractivity (Wildman–Crippen MR) is 64.5 cm³/mol. The number of thioether (sulfide) groups is 1. The van der Waals surface area contributed by atoms with Crippen LogP contribution in [0.2, 0.25) is 0 Å². The molecule has 0 aromatic carbocycles. The van der Waals surface area contributed by atoms with E-state index in [1.165, 1.54) is 18.2 Å². The minimum absolute atomic E-state index is 0.131. The first-order chi connectivity index (χ1) is 7.77. The maximum absolute atomic E-state index is 11.8. The second kappa shape index (κ2) is 5.57. The van der Waals surface area contributed by atoms with Crippen molar-refractivity contribution in [2.75, 3.05) is 31.9 Å². The van der Waals surface area contributed by atoms with Gasteiger partial charge in [-0.15, -0.1) is 0 Å². The fourth-order valence-corrected chi connectivity index (χ4v) is 3.01. The maximum atomic E-state index is 11.8. The highest BCUT2D eigenvalue weighted by molar-refractivity contribution is 8.13. The second-order valence-corrected chi connectivity index (χ2v) is 5.34. The molecule has 0 aromatic rings. The van der Waals surface area contributed by atoms with Crippen LogP contribution < -0.4 is 0 Å². The Morgan fingerprint density at radius 3 is 2.56 bits per heavy atom. The normalized spacial score (nSPS) is 21.6. The highest BCUT2D eigenvalue weighted by atomic mass is 32.2. The molecule has 90 valence electrons. The average molecular weight is 242 g/mol. The summed E-state index contributed by atoms with van der Waals surface area (Å²) in [6.07, 6.45) is 3.99. The molecule has 2 amide bonds. The third-order valence-electron chi connectivity index (χ3n) is 3.15. The molecule has 0 aromatic heterocycles. The fourth-order valence-electron chi connectivity index (χ4n) is 2.16. The summed E-state index contributed by atoms with van der Waals surface area (Å²) in [6.45, 7) is 3.21. The van der Waals surface area contributed by atoms with Gasteiger partial charge in [0.2, 0.25) is 5.91 Å². The van der Waals surface area contributed by atoms with Gasteiger partial charge in [0, 0.05) is 38.4 Å². The summed E-state index contributed by atoms with van der Waals surface area (Å²) in [5.41, 5.74) is 0.